The second-order valence-electron chi connectivity index (χ2n) is 11.2. The fourth-order valence-corrected chi connectivity index (χ4v) is 6.95. The lowest BCUT2D eigenvalue weighted by atomic mass is 9.70. The number of carbonyl (C=O) groups excluding carboxylic acids is 3. The molecule has 5 rings (SSSR count). The number of aliphatic hydroxyl groups is 1. The number of hydrogen-bond acceptors (Lipinski definition) is 5. The molecule has 8 heteroatoms. The van der Waals surface area contributed by atoms with Crippen molar-refractivity contribution in [3.63, 3.8) is 0 Å². The highest BCUT2D eigenvalue weighted by atomic mass is 16.5. The number of ether oxygens (including phenoxy) is 1. The predicted octanol–water partition coefficient (Wildman–Crippen LogP) is 2.59. The summed E-state index contributed by atoms with van der Waals surface area (Å²) in [6.45, 7) is 4.07. The summed E-state index contributed by atoms with van der Waals surface area (Å²) in [5, 5.41) is 16.6. The van der Waals surface area contributed by atoms with Gasteiger partial charge in [-0.25, -0.2) is 0 Å². The Labute approximate surface area is 230 Å². The SMILES string of the molecule is CCCC(C)NC(=O)C1N([C@@H](CO)Cc2ccccc2)C(=O)[C@@H]2[C@H](C(=O)NCc3ccccc3)[C@@H]3CCC12O3. The number of likely N-dealkylation sites (tertiary alicyclic amines) is 1. The Bertz CT molecular complexity index is 1180. The molecule has 3 aliphatic rings. The van der Waals surface area contributed by atoms with Gasteiger partial charge >= 0.3 is 0 Å². The molecule has 3 aliphatic heterocycles. The molecule has 0 radical (unpaired) electrons. The van der Waals surface area contributed by atoms with E-state index in [2.05, 4.69) is 17.6 Å². The van der Waals surface area contributed by atoms with Gasteiger partial charge in [-0.3, -0.25) is 14.4 Å². The lowest BCUT2D eigenvalue weighted by molar-refractivity contribution is -0.145. The first-order valence-corrected chi connectivity index (χ1v) is 14.2. The number of aliphatic hydroxyl groups excluding tert-OH is 1. The molecule has 8 nitrogen and oxygen atoms in total. The molecular weight excluding hydrogens is 494 g/mol. The van der Waals surface area contributed by atoms with Gasteiger partial charge in [0.05, 0.1) is 30.6 Å². The van der Waals surface area contributed by atoms with Crippen LogP contribution in [0.4, 0.5) is 0 Å². The topological polar surface area (TPSA) is 108 Å². The lowest BCUT2D eigenvalue weighted by Crippen LogP contribution is -2.59. The number of carbonyl (C=O) groups is 3. The van der Waals surface area contributed by atoms with Crippen molar-refractivity contribution < 1.29 is 24.2 Å². The number of rotatable bonds is 11. The smallest absolute Gasteiger partial charge is 0.246 e. The summed E-state index contributed by atoms with van der Waals surface area (Å²) in [6, 6.07) is 17.7. The van der Waals surface area contributed by atoms with Crippen molar-refractivity contribution in [3.05, 3.63) is 71.8 Å². The van der Waals surface area contributed by atoms with E-state index in [4.69, 9.17) is 4.74 Å². The van der Waals surface area contributed by atoms with Crippen LogP contribution in [-0.2, 0) is 32.1 Å². The van der Waals surface area contributed by atoms with E-state index < -0.39 is 35.6 Å². The van der Waals surface area contributed by atoms with Crippen LogP contribution in [0.25, 0.3) is 0 Å². The number of amides is 3. The summed E-state index contributed by atoms with van der Waals surface area (Å²) in [7, 11) is 0. The second-order valence-corrected chi connectivity index (χ2v) is 11.2. The van der Waals surface area contributed by atoms with Gasteiger partial charge in [-0.1, -0.05) is 74.0 Å². The molecule has 0 aromatic heterocycles. The van der Waals surface area contributed by atoms with Crippen molar-refractivity contribution in [2.24, 2.45) is 11.8 Å². The number of nitrogens with one attached hydrogen (secondary N) is 2. The zero-order valence-electron chi connectivity index (χ0n) is 22.7. The van der Waals surface area contributed by atoms with Gasteiger partial charge in [-0.05, 0) is 43.7 Å². The molecule has 1 spiro atoms. The first-order chi connectivity index (χ1) is 18.9. The monoisotopic (exact) mass is 533 g/mol. The van der Waals surface area contributed by atoms with Crippen LogP contribution in [0.3, 0.4) is 0 Å². The molecule has 2 bridgehead atoms. The van der Waals surface area contributed by atoms with Crippen LogP contribution in [0.15, 0.2) is 60.7 Å². The number of benzene rings is 2. The van der Waals surface area contributed by atoms with Crippen molar-refractivity contribution in [1.29, 1.82) is 0 Å². The van der Waals surface area contributed by atoms with E-state index in [1.54, 1.807) is 4.90 Å². The van der Waals surface area contributed by atoms with Gasteiger partial charge < -0.3 is 25.4 Å². The molecule has 3 N–H and O–H groups in total. The summed E-state index contributed by atoms with van der Waals surface area (Å²) in [4.78, 5) is 43.3. The summed E-state index contributed by atoms with van der Waals surface area (Å²) in [5.41, 5.74) is 0.838. The molecule has 3 heterocycles. The molecular formula is C31H39N3O5. The zero-order valence-corrected chi connectivity index (χ0v) is 22.7. The third kappa shape index (κ3) is 5.08. The van der Waals surface area contributed by atoms with Gasteiger partial charge in [0.1, 0.15) is 11.6 Å². The molecule has 2 aromatic carbocycles. The molecule has 0 saturated carbocycles. The van der Waals surface area contributed by atoms with E-state index in [0.29, 0.717) is 25.8 Å². The van der Waals surface area contributed by atoms with Crippen molar-refractivity contribution in [2.45, 2.75) is 82.3 Å². The maximum absolute atomic E-state index is 14.3. The van der Waals surface area contributed by atoms with Gasteiger partial charge in [0.2, 0.25) is 17.7 Å². The Morgan fingerprint density at radius 2 is 1.74 bits per heavy atom. The third-order valence-corrected chi connectivity index (χ3v) is 8.63. The molecule has 7 atom stereocenters. The summed E-state index contributed by atoms with van der Waals surface area (Å²) >= 11 is 0. The van der Waals surface area contributed by atoms with Crippen LogP contribution < -0.4 is 10.6 Å². The fraction of sp³-hybridized carbons (Fsp3) is 0.516. The van der Waals surface area contributed by atoms with Crippen molar-refractivity contribution in [3.8, 4) is 0 Å². The summed E-state index contributed by atoms with van der Waals surface area (Å²) in [5.74, 6) is -2.24. The maximum atomic E-state index is 14.3. The van der Waals surface area contributed by atoms with Gasteiger partial charge in [-0.2, -0.15) is 0 Å². The third-order valence-electron chi connectivity index (χ3n) is 8.63. The predicted molar refractivity (Wildman–Crippen MR) is 146 cm³/mol. The average molecular weight is 534 g/mol. The van der Waals surface area contributed by atoms with Crippen LogP contribution in [-0.4, -0.2) is 64.2 Å². The van der Waals surface area contributed by atoms with E-state index in [9.17, 15) is 19.5 Å². The number of fused-ring (bicyclic) bond motifs is 1. The highest BCUT2D eigenvalue weighted by Gasteiger charge is 2.75. The number of hydrogen-bond donors (Lipinski definition) is 3. The van der Waals surface area contributed by atoms with Gasteiger partial charge in [-0.15, -0.1) is 0 Å². The summed E-state index contributed by atoms with van der Waals surface area (Å²) in [6.07, 6.45) is 2.84. The van der Waals surface area contributed by atoms with Crippen LogP contribution in [0.1, 0.15) is 50.7 Å². The molecule has 3 saturated heterocycles. The molecule has 2 aromatic rings. The lowest BCUT2D eigenvalue weighted by Gasteiger charge is -2.37. The largest absolute Gasteiger partial charge is 0.394 e. The zero-order chi connectivity index (χ0) is 27.6. The van der Waals surface area contributed by atoms with Crippen LogP contribution in [0, 0.1) is 11.8 Å². The number of nitrogens with zero attached hydrogens (tertiary/aromatic N) is 1. The maximum Gasteiger partial charge on any atom is 0.246 e. The van der Waals surface area contributed by atoms with Gasteiger partial charge in [0, 0.05) is 12.6 Å². The summed E-state index contributed by atoms with van der Waals surface area (Å²) < 4.78 is 6.52. The Hall–Kier alpha value is -3.23. The molecule has 3 fully saturated rings. The first kappa shape index (κ1) is 27.3. The van der Waals surface area contributed by atoms with Gasteiger partial charge in [0.25, 0.3) is 0 Å². The first-order valence-electron chi connectivity index (χ1n) is 14.2. The fourth-order valence-electron chi connectivity index (χ4n) is 6.95. The minimum absolute atomic E-state index is 0.0693. The standard InChI is InChI=1S/C31H39N3O5/c1-3-10-20(2)33-29(37)27-31-16-15-24(39-31)25(28(36)32-18-22-13-8-5-9-14-22)26(31)30(38)34(27)23(19-35)17-21-11-6-4-7-12-21/h4-9,11-14,20,23-27,35H,3,10,15-19H2,1-2H3,(H,32,36)(H,33,37)/t20?,23-,24+,25-,26+,27?,31?/m1/s1. The second kappa shape index (κ2) is 11.5. The van der Waals surface area contributed by atoms with Crippen molar-refractivity contribution in [1.82, 2.24) is 15.5 Å². The van der Waals surface area contributed by atoms with E-state index in [-0.39, 0.29) is 30.4 Å². The van der Waals surface area contributed by atoms with Crippen LogP contribution in [0.2, 0.25) is 0 Å². The van der Waals surface area contributed by atoms with Crippen LogP contribution in [0.5, 0.6) is 0 Å². The normalized spacial score (nSPS) is 28.7. The average Bonchev–Trinajstić information content (AvgIpc) is 3.59. The van der Waals surface area contributed by atoms with Crippen LogP contribution >= 0.6 is 0 Å². The molecule has 3 amide bonds. The Morgan fingerprint density at radius 3 is 2.38 bits per heavy atom. The molecule has 3 unspecified atom stereocenters. The van der Waals surface area contributed by atoms with Gasteiger partial charge in [0.15, 0.2) is 0 Å². The van der Waals surface area contributed by atoms with E-state index in [1.165, 1.54) is 0 Å². The minimum Gasteiger partial charge on any atom is -0.394 e. The Balaban J connectivity index is 1.46. The van der Waals surface area contributed by atoms with E-state index in [0.717, 1.165) is 24.0 Å². The quantitative estimate of drug-likeness (QED) is 0.412. The Morgan fingerprint density at radius 1 is 1.08 bits per heavy atom. The minimum atomic E-state index is -1.09. The van der Waals surface area contributed by atoms with Crippen molar-refractivity contribution >= 4 is 17.7 Å². The molecule has 0 aliphatic carbocycles. The highest BCUT2D eigenvalue weighted by Crippen LogP contribution is 2.58. The van der Waals surface area contributed by atoms with Crippen molar-refractivity contribution in [2.75, 3.05) is 6.61 Å². The molecule has 39 heavy (non-hydrogen) atoms. The molecule has 208 valence electrons. The van der Waals surface area contributed by atoms with E-state index in [1.807, 2.05) is 67.6 Å². The highest BCUT2D eigenvalue weighted by molar-refractivity contribution is 5.99. The van der Waals surface area contributed by atoms with E-state index >= 15 is 0 Å². The Kier molecular flexibility index (Phi) is 8.05.